The maximum absolute atomic E-state index is 11.3. The van der Waals surface area contributed by atoms with Gasteiger partial charge >= 0.3 is 5.97 Å². The van der Waals surface area contributed by atoms with E-state index in [-0.39, 0.29) is 5.92 Å². The summed E-state index contributed by atoms with van der Waals surface area (Å²) >= 11 is 0. The number of H-pyrrole nitrogens is 1. The number of carboxylic acids is 1. The van der Waals surface area contributed by atoms with Crippen LogP contribution in [-0.2, 0) is 4.79 Å². The highest BCUT2D eigenvalue weighted by Gasteiger charge is 2.27. The zero-order chi connectivity index (χ0) is 15.1. The van der Waals surface area contributed by atoms with Gasteiger partial charge in [-0.1, -0.05) is 0 Å². The highest BCUT2D eigenvalue weighted by molar-refractivity contribution is 6.10. The van der Waals surface area contributed by atoms with Crippen LogP contribution in [0.25, 0.3) is 21.8 Å². The van der Waals surface area contributed by atoms with Crippen LogP contribution in [0.4, 0.5) is 5.82 Å². The molecular weight excluding hydrogens is 280 g/mol. The van der Waals surface area contributed by atoms with E-state index in [9.17, 15) is 9.90 Å². The van der Waals surface area contributed by atoms with Crippen LogP contribution in [0, 0.1) is 5.92 Å². The topological polar surface area (TPSA) is 82.1 Å². The Bertz CT molecular complexity index is 858. The van der Waals surface area contributed by atoms with Gasteiger partial charge < -0.3 is 15.0 Å². The molecule has 0 aromatic carbocycles. The lowest BCUT2D eigenvalue weighted by Gasteiger charge is -2.32. The lowest BCUT2D eigenvalue weighted by molar-refractivity contribution is -0.141. The van der Waals surface area contributed by atoms with Crippen molar-refractivity contribution in [1.29, 1.82) is 0 Å². The SMILES string of the molecule is O=C(O)C1CCCN(c2nccc3cnc4[nH]ccc4c23)C1. The Balaban J connectivity index is 1.87. The Kier molecular flexibility index (Phi) is 2.96. The summed E-state index contributed by atoms with van der Waals surface area (Å²) in [5, 5.41) is 12.4. The number of fused-ring (bicyclic) bond motifs is 3. The largest absolute Gasteiger partial charge is 0.481 e. The second-order valence-electron chi connectivity index (χ2n) is 5.72. The van der Waals surface area contributed by atoms with Crippen molar-refractivity contribution < 1.29 is 9.90 Å². The molecule has 4 rings (SSSR count). The van der Waals surface area contributed by atoms with E-state index in [2.05, 4.69) is 19.9 Å². The van der Waals surface area contributed by atoms with Crippen molar-refractivity contribution in [3.63, 3.8) is 0 Å². The zero-order valence-electron chi connectivity index (χ0n) is 12.0. The number of hydrogen-bond donors (Lipinski definition) is 2. The van der Waals surface area contributed by atoms with Crippen molar-refractivity contribution in [2.75, 3.05) is 18.0 Å². The number of rotatable bonds is 2. The first-order chi connectivity index (χ1) is 10.7. The predicted molar refractivity (Wildman–Crippen MR) is 84.0 cm³/mol. The quantitative estimate of drug-likeness (QED) is 0.759. The number of aliphatic carboxylic acids is 1. The molecule has 0 aliphatic carbocycles. The van der Waals surface area contributed by atoms with Gasteiger partial charge in [-0.15, -0.1) is 0 Å². The van der Waals surface area contributed by atoms with Gasteiger partial charge in [-0.2, -0.15) is 0 Å². The number of carbonyl (C=O) groups is 1. The first kappa shape index (κ1) is 13.1. The highest BCUT2D eigenvalue weighted by atomic mass is 16.4. The molecule has 3 aromatic rings. The zero-order valence-corrected chi connectivity index (χ0v) is 12.0. The minimum absolute atomic E-state index is 0.325. The Morgan fingerprint density at radius 1 is 1.36 bits per heavy atom. The number of pyridine rings is 2. The average molecular weight is 296 g/mol. The van der Waals surface area contributed by atoms with Gasteiger partial charge in [0.05, 0.1) is 5.92 Å². The fraction of sp³-hybridized carbons (Fsp3) is 0.312. The maximum atomic E-state index is 11.3. The Hall–Kier alpha value is -2.63. The summed E-state index contributed by atoms with van der Waals surface area (Å²) in [6.45, 7) is 1.35. The van der Waals surface area contributed by atoms with Gasteiger partial charge in [0, 0.05) is 47.8 Å². The summed E-state index contributed by atoms with van der Waals surface area (Å²) in [4.78, 5) is 25.5. The average Bonchev–Trinajstić information content (AvgIpc) is 3.03. The van der Waals surface area contributed by atoms with Crippen molar-refractivity contribution in [3.8, 4) is 0 Å². The molecule has 6 heteroatoms. The summed E-state index contributed by atoms with van der Waals surface area (Å²) in [7, 11) is 0. The van der Waals surface area contributed by atoms with Crippen LogP contribution in [0.5, 0.6) is 0 Å². The standard InChI is InChI=1S/C16H16N4O2/c21-16(22)11-2-1-7-20(9-11)15-13-10(3-5-18-15)8-19-14-12(13)4-6-17-14/h3-6,8,11H,1-2,7,9H2,(H,17,19)(H,21,22). The summed E-state index contributed by atoms with van der Waals surface area (Å²) in [6, 6.07) is 3.94. The Labute approximate surface area is 126 Å². The van der Waals surface area contributed by atoms with Crippen molar-refractivity contribution >= 4 is 33.6 Å². The van der Waals surface area contributed by atoms with Crippen molar-refractivity contribution in [1.82, 2.24) is 15.0 Å². The molecule has 112 valence electrons. The Morgan fingerprint density at radius 3 is 3.14 bits per heavy atom. The molecule has 4 heterocycles. The van der Waals surface area contributed by atoms with E-state index in [4.69, 9.17) is 0 Å². The monoisotopic (exact) mass is 296 g/mol. The van der Waals surface area contributed by atoms with E-state index in [1.54, 1.807) is 6.20 Å². The summed E-state index contributed by atoms with van der Waals surface area (Å²) in [5.74, 6) is -0.191. The van der Waals surface area contributed by atoms with Gasteiger partial charge in [-0.3, -0.25) is 4.79 Å². The minimum atomic E-state index is -0.724. The lowest BCUT2D eigenvalue weighted by atomic mass is 9.98. The van der Waals surface area contributed by atoms with Gasteiger partial charge in [0.25, 0.3) is 0 Å². The molecule has 1 atom stereocenters. The molecule has 0 saturated carbocycles. The van der Waals surface area contributed by atoms with E-state index < -0.39 is 5.97 Å². The number of nitrogens with zero attached hydrogens (tertiary/aromatic N) is 3. The lowest BCUT2D eigenvalue weighted by Crippen LogP contribution is -2.39. The number of piperidine rings is 1. The van der Waals surface area contributed by atoms with Crippen LogP contribution in [0.15, 0.2) is 30.7 Å². The van der Waals surface area contributed by atoms with Crippen LogP contribution in [0.2, 0.25) is 0 Å². The van der Waals surface area contributed by atoms with Gasteiger partial charge in [0.2, 0.25) is 0 Å². The van der Waals surface area contributed by atoms with Gasteiger partial charge in [0.15, 0.2) is 0 Å². The molecule has 1 aliphatic rings. The molecule has 0 spiro atoms. The molecule has 1 unspecified atom stereocenters. The fourth-order valence-corrected chi connectivity index (χ4v) is 3.26. The number of aromatic nitrogens is 3. The molecule has 0 amide bonds. The molecule has 1 saturated heterocycles. The van der Waals surface area contributed by atoms with Gasteiger partial charge in [-0.25, -0.2) is 9.97 Å². The first-order valence-corrected chi connectivity index (χ1v) is 7.42. The molecule has 0 bridgehead atoms. The van der Waals surface area contributed by atoms with Crippen LogP contribution >= 0.6 is 0 Å². The molecule has 3 aromatic heterocycles. The van der Waals surface area contributed by atoms with E-state index in [1.807, 2.05) is 24.5 Å². The van der Waals surface area contributed by atoms with Crippen LogP contribution in [0.3, 0.4) is 0 Å². The van der Waals surface area contributed by atoms with Gasteiger partial charge in [0.1, 0.15) is 11.5 Å². The van der Waals surface area contributed by atoms with E-state index in [0.717, 1.165) is 47.0 Å². The summed E-state index contributed by atoms with van der Waals surface area (Å²) in [6.07, 6.45) is 7.07. The third kappa shape index (κ3) is 1.99. The van der Waals surface area contributed by atoms with Crippen LogP contribution < -0.4 is 4.90 Å². The summed E-state index contributed by atoms with van der Waals surface area (Å²) < 4.78 is 0. The third-order valence-electron chi connectivity index (χ3n) is 4.36. The summed E-state index contributed by atoms with van der Waals surface area (Å²) in [5.41, 5.74) is 0.827. The number of carboxylic acid groups (broad SMARTS) is 1. The third-order valence-corrected chi connectivity index (χ3v) is 4.36. The molecular formula is C16H16N4O2. The second-order valence-corrected chi connectivity index (χ2v) is 5.72. The molecule has 2 N–H and O–H groups in total. The first-order valence-electron chi connectivity index (χ1n) is 7.42. The minimum Gasteiger partial charge on any atom is -0.481 e. The van der Waals surface area contributed by atoms with E-state index in [0.29, 0.717) is 6.54 Å². The van der Waals surface area contributed by atoms with Crippen molar-refractivity contribution in [2.45, 2.75) is 12.8 Å². The van der Waals surface area contributed by atoms with Crippen molar-refractivity contribution in [3.05, 3.63) is 30.7 Å². The maximum Gasteiger partial charge on any atom is 0.308 e. The highest BCUT2D eigenvalue weighted by Crippen LogP contribution is 2.32. The van der Waals surface area contributed by atoms with E-state index >= 15 is 0 Å². The van der Waals surface area contributed by atoms with Gasteiger partial charge in [-0.05, 0) is 25.0 Å². The van der Waals surface area contributed by atoms with Crippen LogP contribution in [-0.4, -0.2) is 39.1 Å². The number of nitrogens with one attached hydrogen (secondary N) is 1. The predicted octanol–water partition coefficient (Wildman–Crippen LogP) is 2.41. The molecule has 6 nitrogen and oxygen atoms in total. The van der Waals surface area contributed by atoms with Crippen LogP contribution in [0.1, 0.15) is 12.8 Å². The van der Waals surface area contributed by atoms with E-state index in [1.165, 1.54) is 0 Å². The molecule has 1 fully saturated rings. The number of aromatic amines is 1. The normalized spacial score (nSPS) is 18.9. The smallest absolute Gasteiger partial charge is 0.308 e. The number of hydrogen-bond acceptors (Lipinski definition) is 4. The molecule has 0 radical (unpaired) electrons. The molecule has 22 heavy (non-hydrogen) atoms. The Morgan fingerprint density at radius 2 is 2.27 bits per heavy atom. The van der Waals surface area contributed by atoms with Crippen molar-refractivity contribution in [2.24, 2.45) is 5.92 Å². The second kappa shape index (κ2) is 4.98. The number of anilines is 1. The fourth-order valence-electron chi connectivity index (χ4n) is 3.26. The molecule has 1 aliphatic heterocycles.